The van der Waals surface area contributed by atoms with Crippen LogP contribution < -0.4 is 5.32 Å². The van der Waals surface area contributed by atoms with Gasteiger partial charge in [0.2, 0.25) is 0 Å². The Bertz CT molecular complexity index is 476. The molecule has 2 atom stereocenters. The number of hydrogen-bond acceptors (Lipinski definition) is 2. The van der Waals surface area contributed by atoms with E-state index < -0.39 is 5.82 Å². The number of piperidine rings is 1. The molecule has 21 heavy (non-hydrogen) atoms. The molecule has 2 unspecified atom stereocenters. The zero-order chi connectivity index (χ0) is 15.4. The number of hydrogen-bond donors (Lipinski definition) is 1. The molecule has 0 spiro atoms. The van der Waals surface area contributed by atoms with E-state index in [1.807, 2.05) is 6.92 Å². The summed E-state index contributed by atoms with van der Waals surface area (Å²) in [5.74, 6) is -0.422. The Morgan fingerprint density at radius 1 is 1.14 bits per heavy atom. The van der Waals surface area contributed by atoms with Crippen molar-refractivity contribution in [2.45, 2.75) is 45.2 Å². The topological polar surface area (TPSA) is 15.3 Å². The molecular formula is C16H23Cl2FN2. The highest BCUT2D eigenvalue weighted by atomic mass is 35.5. The van der Waals surface area contributed by atoms with Crippen LogP contribution >= 0.6 is 23.2 Å². The highest BCUT2D eigenvalue weighted by Crippen LogP contribution is 2.28. The Labute approximate surface area is 136 Å². The quantitative estimate of drug-likeness (QED) is 0.789. The molecule has 1 aliphatic rings. The highest BCUT2D eigenvalue weighted by Gasteiger charge is 2.18. The number of likely N-dealkylation sites (tertiary alicyclic amines) is 1. The molecule has 0 bridgehead atoms. The first-order chi connectivity index (χ1) is 9.99. The van der Waals surface area contributed by atoms with Crippen molar-refractivity contribution in [3.63, 3.8) is 0 Å². The van der Waals surface area contributed by atoms with Gasteiger partial charge >= 0.3 is 0 Å². The molecule has 2 nitrogen and oxygen atoms in total. The Hall–Kier alpha value is -0.350. The van der Waals surface area contributed by atoms with Gasteiger partial charge in [-0.25, -0.2) is 4.39 Å². The first kappa shape index (κ1) is 17.0. The molecule has 118 valence electrons. The van der Waals surface area contributed by atoms with E-state index in [4.69, 9.17) is 23.2 Å². The third kappa shape index (κ3) is 4.56. The fraction of sp³-hybridized carbons (Fsp3) is 0.625. The minimum Gasteiger partial charge on any atom is -0.309 e. The van der Waals surface area contributed by atoms with Gasteiger partial charge in [0.1, 0.15) is 5.82 Å². The van der Waals surface area contributed by atoms with Crippen LogP contribution in [-0.4, -0.2) is 30.6 Å². The standard InChI is InChI=1S/C16H23Cl2FN2/c1-11(21-6-4-3-5-7-21)10-20-12(2)13-8-16(19)15(18)9-14(13)17/h8-9,11-12,20H,3-7,10H2,1-2H3. The molecule has 2 rings (SSSR count). The van der Waals surface area contributed by atoms with Crippen molar-refractivity contribution in [1.82, 2.24) is 10.2 Å². The fourth-order valence-corrected chi connectivity index (χ4v) is 3.36. The second kappa shape index (κ2) is 7.77. The van der Waals surface area contributed by atoms with Crippen LogP contribution in [0.15, 0.2) is 12.1 Å². The molecule has 1 saturated heterocycles. The molecule has 5 heteroatoms. The van der Waals surface area contributed by atoms with E-state index in [9.17, 15) is 4.39 Å². The van der Waals surface area contributed by atoms with Gasteiger partial charge in [-0.05, 0) is 57.5 Å². The van der Waals surface area contributed by atoms with Crippen molar-refractivity contribution in [2.24, 2.45) is 0 Å². The number of halogens is 3. The zero-order valence-electron chi connectivity index (χ0n) is 12.6. The lowest BCUT2D eigenvalue weighted by atomic mass is 10.1. The van der Waals surface area contributed by atoms with Gasteiger partial charge in [0.25, 0.3) is 0 Å². The van der Waals surface area contributed by atoms with E-state index in [0.717, 1.165) is 12.1 Å². The third-order valence-electron chi connectivity index (χ3n) is 4.24. The molecule has 0 aromatic heterocycles. The summed E-state index contributed by atoms with van der Waals surface area (Å²) in [5, 5.41) is 4.02. The normalized spacial score (nSPS) is 19.5. The summed E-state index contributed by atoms with van der Waals surface area (Å²) in [6.07, 6.45) is 3.91. The van der Waals surface area contributed by atoms with Crippen LogP contribution in [0.5, 0.6) is 0 Å². The van der Waals surface area contributed by atoms with Gasteiger partial charge in [-0.15, -0.1) is 0 Å². The molecule has 1 aromatic rings. The second-order valence-electron chi connectivity index (χ2n) is 5.86. The fourth-order valence-electron chi connectivity index (χ4n) is 2.82. The van der Waals surface area contributed by atoms with Crippen LogP contribution in [0, 0.1) is 5.82 Å². The van der Waals surface area contributed by atoms with Gasteiger partial charge in [0.05, 0.1) is 5.02 Å². The molecular weight excluding hydrogens is 310 g/mol. The van der Waals surface area contributed by atoms with Gasteiger partial charge in [-0.1, -0.05) is 29.6 Å². The van der Waals surface area contributed by atoms with Crippen LogP contribution in [0.1, 0.15) is 44.7 Å². The maximum atomic E-state index is 13.6. The van der Waals surface area contributed by atoms with Crippen LogP contribution in [0.3, 0.4) is 0 Å². The van der Waals surface area contributed by atoms with Crippen molar-refractivity contribution in [3.05, 3.63) is 33.6 Å². The van der Waals surface area contributed by atoms with Crippen molar-refractivity contribution in [3.8, 4) is 0 Å². The van der Waals surface area contributed by atoms with Crippen molar-refractivity contribution in [1.29, 1.82) is 0 Å². The van der Waals surface area contributed by atoms with Gasteiger partial charge in [-0.3, -0.25) is 4.90 Å². The van der Waals surface area contributed by atoms with Gasteiger partial charge < -0.3 is 5.32 Å². The van der Waals surface area contributed by atoms with Gasteiger partial charge in [0, 0.05) is 23.7 Å². The van der Waals surface area contributed by atoms with Crippen LogP contribution in [0.25, 0.3) is 0 Å². The summed E-state index contributed by atoms with van der Waals surface area (Å²) in [5.41, 5.74) is 0.754. The van der Waals surface area contributed by atoms with E-state index >= 15 is 0 Å². The zero-order valence-corrected chi connectivity index (χ0v) is 14.1. The highest BCUT2D eigenvalue weighted by molar-refractivity contribution is 6.35. The van der Waals surface area contributed by atoms with E-state index in [0.29, 0.717) is 11.1 Å². The maximum Gasteiger partial charge on any atom is 0.142 e. The summed E-state index contributed by atoms with van der Waals surface area (Å²) in [4.78, 5) is 2.51. The Kier molecular flexibility index (Phi) is 6.30. The first-order valence-corrected chi connectivity index (χ1v) is 8.36. The summed E-state index contributed by atoms with van der Waals surface area (Å²) >= 11 is 11.9. The maximum absolute atomic E-state index is 13.6. The minimum absolute atomic E-state index is 0.00323. The summed E-state index contributed by atoms with van der Waals surface area (Å²) in [7, 11) is 0. The lowest BCUT2D eigenvalue weighted by Crippen LogP contribution is -2.43. The monoisotopic (exact) mass is 332 g/mol. The molecule has 0 saturated carbocycles. The van der Waals surface area contributed by atoms with Crippen LogP contribution in [-0.2, 0) is 0 Å². The summed E-state index contributed by atoms with van der Waals surface area (Å²) in [6.45, 7) is 7.44. The predicted octanol–water partition coefficient (Wildman–Crippen LogP) is 4.66. The van der Waals surface area contributed by atoms with E-state index in [1.54, 1.807) is 0 Å². The lowest BCUT2D eigenvalue weighted by molar-refractivity contribution is 0.168. The van der Waals surface area contributed by atoms with Crippen LogP contribution in [0.4, 0.5) is 4.39 Å². The molecule has 0 amide bonds. The molecule has 0 radical (unpaired) electrons. The van der Waals surface area contributed by atoms with E-state index in [-0.39, 0.29) is 11.1 Å². The largest absolute Gasteiger partial charge is 0.309 e. The van der Waals surface area contributed by atoms with Crippen molar-refractivity contribution in [2.75, 3.05) is 19.6 Å². The minimum atomic E-state index is -0.422. The predicted molar refractivity (Wildman–Crippen MR) is 87.7 cm³/mol. The Morgan fingerprint density at radius 3 is 2.48 bits per heavy atom. The molecule has 1 heterocycles. The molecule has 1 aliphatic heterocycles. The number of nitrogens with one attached hydrogen (secondary N) is 1. The molecule has 1 N–H and O–H groups in total. The molecule has 1 fully saturated rings. The SMILES string of the molecule is CC(NCC(C)N1CCCCC1)c1cc(F)c(Cl)cc1Cl. The van der Waals surface area contributed by atoms with Gasteiger partial charge in [-0.2, -0.15) is 0 Å². The Balaban J connectivity index is 1.92. The smallest absolute Gasteiger partial charge is 0.142 e. The number of benzene rings is 1. The van der Waals surface area contributed by atoms with Gasteiger partial charge in [0.15, 0.2) is 0 Å². The average molecular weight is 333 g/mol. The summed E-state index contributed by atoms with van der Waals surface area (Å²) in [6, 6.07) is 3.37. The molecule has 0 aliphatic carbocycles. The summed E-state index contributed by atoms with van der Waals surface area (Å²) < 4.78 is 13.6. The average Bonchev–Trinajstić information content (AvgIpc) is 2.49. The molecule has 1 aromatic carbocycles. The number of rotatable bonds is 5. The second-order valence-corrected chi connectivity index (χ2v) is 6.68. The first-order valence-electron chi connectivity index (χ1n) is 7.61. The van der Waals surface area contributed by atoms with E-state index in [1.165, 1.54) is 44.5 Å². The van der Waals surface area contributed by atoms with Crippen molar-refractivity contribution >= 4 is 23.2 Å². The van der Waals surface area contributed by atoms with E-state index in [2.05, 4.69) is 17.1 Å². The van der Waals surface area contributed by atoms with Crippen molar-refractivity contribution < 1.29 is 4.39 Å². The lowest BCUT2D eigenvalue weighted by Gasteiger charge is -2.33. The Morgan fingerprint density at radius 2 is 1.81 bits per heavy atom. The van der Waals surface area contributed by atoms with Crippen LogP contribution in [0.2, 0.25) is 10.0 Å². The number of nitrogens with zero attached hydrogens (tertiary/aromatic N) is 1. The third-order valence-corrected chi connectivity index (χ3v) is 4.86.